The third kappa shape index (κ3) is 7.82. The second kappa shape index (κ2) is 14.3. The van der Waals surface area contributed by atoms with E-state index in [4.69, 9.17) is 9.47 Å². The van der Waals surface area contributed by atoms with Crippen LogP contribution in [-0.2, 0) is 22.6 Å². The lowest BCUT2D eigenvalue weighted by atomic mass is 9.91. The largest absolute Gasteiger partial charge is 0.478 e. The maximum absolute atomic E-state index is 12.6. The summed E-state index contributed by atoms with van der Waals surface area (Å²) in [6.07, 6.45) is -1.33. The van der Waals surface area contributed by atoms with Gasteiger partial charge in [-0.1, -0.05) is 85.8 Å². The maximum Gasteiger partial charge on any atom is 0.336 e. The van der Waals surface area contributed by atoms with E-state index in [0.717, 1.165) is 22.3 Å². The summed E-state index contributed by atoms with van der Waals surface area (Å²) in [5, 5.41) is 24.9. The summed E-state index contributed by atoms with van der Waals surface area (Å²) in [6, 6.07) is 31.3. The molecular formula is C34H34N2O6S. The van der Waals surface area contributed by atoms with Crippen LogP contribution in [0, 0.1) is 5.92 Å². The van der Waals surface area contributed by atoms with Crippen molar-refractivity contribution < 1.29 is 29.3 Å². The summed E-state index contributed by atoms with van der Waals surface area (Å²) < 4.78 is 13.0. The zero-order chi connectivity index (χ0) is 30.2. The first-order valence-electron chi connectivity index (χ1n) is 14.1. The number of benzene rings is 4. The van der Waals surface area contributed by atoms with Gasteiger partial charge in [-0.2, -0.15) is 0 Å². The fourth-order valence-corrected chi connectivity index (χ4v) is 6.18. The van der Waals surface area contributed by atoms with Crippen molar-refractivity contribution in [1.29, 1.82) is 0 Å². The van der Waals surface area contributed by atoms with Crippen molar-refractivity contribution in [3.8, 4) is 0 Å². The number of aromatic carboxylic acids is 1. The number of anilines is 1. The molecule has 4 aromatic rings. The van der Waals surface area contributed by atoms with E-state index in [1.54, 1.807) is 24.3 Å². The quantitative estimate of drug-likeness (QED) is 0.149. The lowest BCUT2D eigenvalue weighted by Crippen LogP contribution is -2.38. The zero-order valence-electron chi connectivity index (χ0n) is 23.7. The fourth-order valence-electron chi connectivity index (χ4n) is 4.97. The van der Waals surface area contributed by atoms with Gasteiger partial charge in [0.05, 0.1) is 24.4 Å². The Morgan fingerprint density at radius 3 is 2.33 bits per heavy atom. The molecule has 0 spiro atoms. The van der Waals surface area contributed by atoms with Gasteiger partial charge in [-0.25, -0.2) is 9.59 Å². The monoisotopic (exact) mass is 598 g/mol. The first-order valence-corrected chi connectivity index (χ1v) is 15.0. The van der Waals surface area contributed by atoms with E-state index >= 15 is 0 Å². The zero-order valence-corrected chi connectivity index (χ0v) is 24.5. The van der Waals surface area contributed by atoms with Crippen LogP contribution >= 0.6 is 11.8 Å². The van der Waals surface area contributed by atoms with E-state index in [1.165, 1.54) is 11.8 Å². The number of ether oxygens (including phenoxy) is 2. The normalized spacial score (nSPS) is 19.9. The highest BCUT2D eigenvalue weighted by molar-refractivity contribution is 7.99. The number of urea groups is 1. The number of carbonyl (C=O) groups is 2. The molecule has 222 valence electrons. The maximum atomic E-state index is 12.6. The van der Waals surface area contributed by atoms with Gasteiger partial charge < -0.3 is 30.3 Å². The Hall–Kier alpha value is -4.15. The van der Waals surface area contributed by atoms with Crippen molar-refractivity contribution >= 4 is 29.4 Å². The number of carboxylic acid groups (broad SMARTS) is 1. The highest BCUT2D eigenvalue weighted by Gasteiger charge is 2.38. The van der Waals surface area contributed by atoms with Gasteiger partial charge in [0.1, 0.15) is 0 Å². The second-order valence-corrected chi connectivity index (χ2v) is 11.4. The summed E-state index contributed by atoms with van der Waals surface area (Å²) >= 11 is 1.44. The van der Waals surface area contributed by atoms with E-state index < -0.39 is 12.3 Å². The molecule has 0 bridgehead atoms. The molecule has 4 atom stereocenters. The minimum atomic E-state index is -0.971. The number of amides is 2. The second-order valence-electron chi connectivity index (χ2n) is 10.4. The van der Waals surface area contributed by atoms with Crippen LogP contribution in [0.25, 0.3) is 0 Å². The molecule has 5 rings (SSSR count). The van der Waals surface area contributed by atoms with Crippen molar-refractivity contribution in [2.75, 3.05) is 11.1 Å². The van der Waals surface area contributed by atoms with Crippen LogP contribution in [0.15, 0.2) is 108 Å². The molecule has 9 heteroatoms. The van der Waals surface area contributed by atoms with Crippen molar-refractivity contribution in [2.45, 2.75) is 43.5 Å². The molecule has 8 nitrogen and oxygen atoms in total. The molecule has 0 unspecified atom stereocenters. The van der Waals surface area contributed by atoms with Gasteiger partial charge in [-0.05, 0) is 41.0 Å². The Labute approximate surface area is 255 Å². The van der Waals surface area contributed by atoms with Crippen LogP contribution in [0.5, 0.6) is 0 Å². The minimum absolute atomic E-state index is 0.0476. The summed E-state index contributed by atoms with van der Waals surface area (Å²) in [4.78, 5) is 25.0. The standard InChI is InChI=1S/C34H34N2O6S/c1-22-29(21-43-30-13-6-5-12-28(30)32(38)39)41-33(42-31(22)25-16-14-24(20-37)15-17-25)26-10-7-11-27(18-26)36-34(40)35-19-23-8-3-2-4-9-23/h2-18,22,29,31,33,37H,19-21H2,1H3,(H,38,39)(H2,35,36,40)/t22-,29+,31+,33+/m1/s1. The van der Waals surface area contributed by atoms with Crippen LogP contribution in [0.3, 0.4) is 0 Å². The van der Waals surface area contributed by atoms with Crippen molar-refractivity contribution in [1.82, 2.24) is 5.32 Å². The van der Waals surface area contributed by atoms with Crippen molar-refractivity contribution in [3.63, 3.8) is 0 Å². The SMILES string of the molecule is C[C@@H]1[C@H](CSc2ccccc2C(=O)O)O[C@H](c2cccc(NC(=O)NCc3ccccc3)c2)O[C@@H]1c1ccc(CO)cc1. The molecule has 1 heterocycles. The topological polar surface area (TPSA) is 117 Å². The predicted octanol–water partition coefficient (Wildman–Crippen LogP) is 6.78. The molecule has 4 aromatic carbocycles. The lowest BCUT2D eigenvalue weighted by Gasteiger charge is -2.41. The Balaban J connectivity index is 1.34. The molecular weight excluding hydrogens is 564 g/mol. The van der Waals surface area contributed by atoms with E-state index in [0.29, 0.717) is 22.9 Å². The van der Waals surface area contributed by atoms with E-state index in [-0.39, 0.29) is 36.3 Å². The summed E-state index contributed by atoms with van der Waals surface area (Å²) in [5.41, 5.74) is 4.35. The average Bonchev–Trinajstić information content (AvgIpc) is 3.04. The highest BCUT2D eigenvalue weighted by Crippen LogP contribution is 2.43. The number of rotatable bonds is 10. The predicted molar refractivity (Wildman–Crippen MR) is 166 cm³/mol. The first-order chi connectivity index (χ1) is 20.9. The van der Waals surface area contributed by atoms with E-state index in [9.17, 15) is 19.8 Å². The number of carbonyl (C=O) groups excluding carboxylic acids is 1. The molecule has 1 fully saturated rings. The van der Waals surface area contributed by atoms with Crippen LogP contribution < -0.4 is 10.6 Å². The first kappa shape index (κ1) is 30.3. The van der Waals surface area contributed by atoms with Gasteiger partial charge in [-0.15, -0.1) is 11.8 Å². The number of aliphatic hydroxyl groups excluding tert-OH is 1. The van der Waals surface area contributed by atoms with Gasteiger partial charge in [0.25, 0.3) is 0 Å². The molecule has 0 aliphatic carbocycles. The van der Waals surface area contributed by atoms with Crippen LogP contribution in [0.2, 0.25) is 0 Å². The summed E-state index contributed by atoms with van der Waals surface area (Å²) in [6.45, 7) is 2.42. The van der Waals surface area contributed by atoms with Crippen LogP contribution in [0.4, 0.5) is 10.5 Å². The molecule has 1 aliphatic heterocycles. The number of hydrogen-bond donors (Lipinski definition) is 4. The number of thioether (sulfide) groups is 1. The third-order valence-corrected chi connectivity index (χ3v) is 8.52. The van der Waals surface area contributed by atoms with Gasteiger partial charge >= 0.3 is 12.0 Å². The number of hydrogen-bond acceptors (Lipinski definition) is 6. The fraction of sp³-hybridized carbons (Fsp3) is 0.235. The Morgan fingerprint density at radius 2 is 1.58 bits per heavy atom. The molecule has 1 saturated heterocycles. The van der Waals surface area contributed by atoms with Gasteiger partial charge in [0.2, 0.25) is 0 Å². The van der Waals surface area contributed by atoms with Crippen LogP contribution in [-0.4, -0.2) is 34.1 Å². The molecule has 2 amide bonds. The smallest absolute Gasteiger partial charge is 0.336 e. The number of nitrogens with one attached hydrogen (secondary N) is 2. The summed E-state index contributed by atoms with van der Waals surface area (Å²) in [7, 11) is 0. The average molecular weight is 599 g/mol. The number of aliphatic hydroxyl groups is 1. The molecule has 1 aliphatic rings. The van der Waals surface area contributed by atoms with E-state index in [2.05, 4.69) is 17.6 Å². The Bertz CT molecular complexity index is 1530. The van der Waals surface area contributed by atoms with Crippen molar-refractivity contribution in [2.24, 2.45) is 5.92 Å². The lowest BCUT2D eigenvalue weighted by molar-refractivity contribution is -0.268. The van der Waals surface area contributed by atoms with Gasteiger partial charge in [0, 0.05) is 34.4 Å². The molecule has 43 heavy (non-hydrogen) atoms. The molecule has 0 saturated carbocycles. The third-order valence-electron chi connectivity index (χ3n) is 7.36. The molecule has 4 N–H and O–H groups in total. The summed E-state index contributed by atoms with van der Waals surface area (Å²) in [5.74, 6) is -0.525. The van der Waals surface area contributed by atoms with Crippen LogP contribution in [0.1, 0.15) is 51.9 Å². The molecule has 0 aromatic heterocycles. The number of carboxylic acids is 1. The van der Waals surface area contributed by atoms with Gasteiger partial charge in [0.15, 0.2) is 6.29 Å². The highest BCUT2D eigenvalue weighted by atomic mass is 32.2. The van der Waals surface area contributed by atoms with Gasteiger partial charge in [-0.3, -0.25) is 0 Å². The van der Waals surface area contributed by atoms with E-state index in [1.807, 2.05) is 78.9 Å². The Kier molecular flexibility index (Phi) is 10.1. The minimum Gasteiger partial charge on any atom is -0.478 e. The Morgan fingerprint density at radius 1 is 0.837 bits per heavy atom. The molecule has 0 radical (unpaired) electrons. The van der Waals surface area contributed by atoms with Crippen molar-refractivity contribution in [3.05, 3.63) is 131 Å².